The van der Waals surface area contributed by atoms with Crippen molar-refractivity contribution in [2.24, 2.45) is 5.73 Å². The van der Waals surface area contributed by atoms with Crippen molar-refractivity contribution in [3.05, 3.63) is 0 Å². The molecule has 2 atom stereocenters. The van der Waals surface area contributed by atoms with Crippen LogP contribution in [0.3, 0.4) is 0 Å². The van der Waals surface area contributed by atoms with Crippen molar-refractivity contribution < 1.29 is 9.53 Å². The molecule has 0 spiro atoms. The molecular weight excluding hydrogens is 216 g/mol. The van der Waals surface area contributed by atoms with Gasteiger partial charge in [0.15, 0.2) is 0 Å². The number of carbonyl (C=O) groups excluding carboxylic acids is 1. The van der Waals surface area contributed by atoms with Crippen molar-refractivity contribution in [3.8, 4) is 0 Å². The Labute approximate surface area is 98.3 Å². The summed E-state index contributed by atoms with van der Waals surface area (Å²) in [6, 6.07) is -0.304. The molecule has 0 bridgehead atoms. The Morgan fingerprint density at radius 3 is 2.47 bits per heavy atom. The Balaban J connectivity index is 0. The molecule has 0 saturated carbocycles. The molecule has 0 aromatic heterocycles. The summed E-state index contributed by atoms with van der Waals surface area (Å²) < 4.78 is 4.81. The van der Waals surface area contributed by atoms with Gasteiger partial charge in [0, 0.05) is 13.2 Å². The zero-order valence-corrected chi connectivity index (χ0v) is 10.6. The van der Waals surface area contributed by atoms with Crippen LogP contribution in [0.1, 0.15) is 33.1 Å². The quantitative estimate of drug-likeness (QED) is 0.698. The lowest BCUT2D eigenvalue weighted by molar-refractivity contribution is -0.124. The summed E-state index contributed by atoms with van der Waals surface area (Å²) in [5.74, 6) is -0.118. The lowest BCUT2D eigenvalue weighted by atomic mass is 10.1. The molecule has 3 N–H and O–H groups in total. The molecule has 0 heterocycles. The van der Waals surface area contributed by atoms with Crippen molar-refractivity contribution in [1.82, 2.24) is 5.32 Å². The standard InChI is InChI=1S/C10H22N2O2.ClH/c1-4-6-8(5-2)12-10(13)9(11)7-14-3;/h8-9H,4-7,11H2,1-3H3,(H,12,13);1H. The smallest absolute Gasteiger partial charge is 0.239 e. The van der Waals surface area contributed by atoms with E-state index >= 15 is 0 Å². The van der Waals surface area contributed by atoms with E-state index in [1.165, 1.54) is 7.11 Å². The lowest BCUT2D eigenvalue weighted by Gasteiger charge is -2.18. The number of amides is 1. The van der Waals surface area contributed by atoms with Gasteiger partial charge in [0.2, 0.25) is 5.91 Å². The first-order chi connectivity index (χ1) is 6.65. The van der Waals surface area contributed by atoms with Crippen LogP contribution in [-0.2, 0) is 9.53 Å². The van der Waals surface area contributed by atoms with Crippen molar-refractivity contribution >= 4 is 18.3 Å². The minimum Gasteiger partial charge on any atom is -0.383 e. The summed E-state index contributed by atoms with van der Waals surface area (Å²) in [5.41, 5.74) is 5.59. The van der Waals surface area contributed by atoms with Crippen LogP contribution in [-0.4, -0.2) is 31.7 Å². The zero-order chi connectivity index (χ0) is 11.0. The first-order valence-corrected chi connectivity index (χ1v) is 5.20. The predicted octanol–water partition coefficient (Wildman–Crippen LogP) is 1.08. The topological polar surface area (TPSA) is 64.4 Å². The van der Waals surface area contributed by atoms with Gasteiger partial charge in [0.25, 0.3) is 0 Å². The second-order valence-corrected chi connectivity index (χ2v) is 3.46. The van der Waals surface area contributed by atoms with Crippen LogP contribution in [0.15, 0.2) is 0 Å². The third-order valence-corrected chi connectivity index (χ3v) is 2.16. The van der Waals surface area contributed by atoms with Gasteiger partial charge < -0.3 is 15.8 Å². The Morgan fingerprint density at radius 1 is 1.47 bits per heavy atom. The van der Waals surface area contributed by atoms with Crippen molar-refractivity contribution in [3.63, 3.8) is 0 Å². The normalized spacial score (nSPS) is 13.9. The highest BCUT2D eigenvalue weighted by molar-refractivity contribution is 5.85. The number of nitrogens with one attached hydrogen (secondary N) is 1. The number of carbonyl (C=O) groups is 1. The maximum absolute atomic E-state index is 11.5. The molecule has 0 fully saturated rings. The number of rotatable bonds is 7. The average molecular weight is 239 g/mol. The van der Waals surface area contributed by atoms with Gasteiger partial charge in [-0.05, 0) is 12.8 Å². The second-order valence-electron chi connectivity index (χ2n) is 3.46. The highest BCUT2D eigenvalue weighted by atomic mass is 35.5. The molecule has 0 aliphatic rings. The molecule has 2 unspecified atom stereocenters. The molecule has 15 heavy (non-hydrogen) atoms. The number of halogens is 1. The molecule has 0 rings (SSSR count). The van der Waals surface area contributed by atoms with Gasteiger partial charge in [-0.3, -0.25) is 4.79 Å². The van der Waals surface area contributed by atoms with E-state index in [1.807, 2.05) is 0 Å². The van der Waals surface area contributed by atoms with Gasteiger partial charge in [0.1, 0.15) is 6.04 Å². The fraction of sp³-hybridized carbons (Fsp3) is 0.900. The SMILES string of the molecule is CCCC(CC)NC(=O)C(N)COC.Cl. The first kappa shape index (κ1) is 17.1. The monoisotopic (exact) mass is 238 g/mol. The van der Waals surface area contributed by atoms with Crippen LogP contribution in [0, 0.1) is 0 Å². The number of methoxy groups -OCH3 is 1. The Kier molecular flexibility index (Phi) is 11.6. The molecule has 92 valence electrons. The molecule has 0 radical (unpaired) electrons. The Bertz CT molecular complexity index is 168. The molecule has 4 nitrogen and oxygen atoms in total. The summed E-state index contributed by atoms with van der Waals surface area (Å²) in [5, 5.41) is 2.91. The number of hydrogen-bond donors (Lipinski definition) is 2. The molecule has 5 heteroatoms. The van der Waals surface area contributed by atoms with Crippen LogP contribution in [0.25, 0.3) is 0 Å². The van der Waals surface area contributed by atoms with E-state index in [1.54, 1.807) is 0 Å². The predicted molar refractivity (Wildman–Crippen MR) is 64.2 cm³/mol. The van der Waals surface area contributed by atoms with Crippen molar-refractivity contribution in [2.45, 2.75) is 45.2 Å². The van der Waals surface area contributed by atoms with E-state index < -0.39 is 6.04 Å². The average Bonchev–Trinajstić information content (AvgIpc) is 2.17. The Hall–Kier alpha value is -0.320. The minimum atomic E-state index is -0.550. The highest BCUT2D eigenvalue weighted by Crippen LogP contribution is 2.00. The lowest BCUT2D eigenvalue weighted by Crippen LogP contribution is -2.47. The van der Waals surface area contributed by atoms with E-state index in [-0.39, 0.29) is 31.0 Å². The third kappa shape index (κ3) is 7.59. The summed E-state index contributed by atoms with van der Waals surface area (Å²) in [6.45, 7) is 4.43. The fourth-order valence-corrected chi connectivity index (χ4v) is 1.29. The number of hydrogen-bond acceptors (Lipinski definition) is 3. The second kappa shape index (κ2) is 10.2. The molecular formula is C10H23ClN2O2. The first-order valence-electron chi connectivity index (χ1n) is 5.20. The van der Waals surface area contributed by atoms with E-state index in [9.17, 15) is 4.79 Å². The molecule has 0 aliphatic carbocycles. The van der Waals surface area contributed by atoms with Gasteiger partial charge in [-0.25, -0.2) is 0 Å². The van der Waals surface area contributed by atoms with E-state index in [4.69, 9.17) is 10.5 Å². The van der Waals surface area contributed by atoms with E-state index in [0.717, 1.165) is 19.3 Å². The molecule has 1 amide bonds. The molecule has 0 aliphatic heterocycles. The minimum absolute atomic E-state index is 0. The van der Waals surface area contributed by atoms with Gasteiger partial charge in [-0.1, -0.05) is 20.3 Å². The van der Waals surface area contributed by atoms with Crippen LogP contribution in [0.4, 0.5) is 0 Å². The highest BCUT2D eigenvalue weighted by Gasteiger charge is 2.15. The maximum atomic E-state index is 11.5. The number of nitrogens with two attached hydrogens (primary N) is 1. The van der Waals surface area contributed by atoms with E-state index in [2.05, 4.69) is 19.2 Å². The van der Waals surface area contributed by atoms with E-state index in [0.29, 0.717) is 0 Å². The summed E-state index contributed by atoms with van der Waals surface area (Å²) in [6.07, 6.45) is 3.01. The van der Waals surface area contributed by atoms with Crippen molar-refractivity contribution in [1.29, 1.82) is 0 Å². The summed E-state index contributed by atoms with van der Waals surface area (Å²) in [4.78, 5) is 11.5. The summed E-state index contributed by atoms with van der Waals surface area (Å²) in [7, 11) is 1.54. The molecule has 0 aromatic rings. The van der Waals surface area contributed by atoms with Crippen LogP contribution >= 0.6 is 12.4 Å². The van der Waals surface area contributed by atoms with Gasteiger partial charge in [-0.2, -0.15) is 0 Å². The zero-order valence-electron chi connectivity index (χ0n) is 9.79. The molecule has 0 saturated heterocycles. The van der Waals surface area contributed by atoms with Gasteiger partial charge in [0.05, 0.1) is 6.61 Å². The number of ether oxygens (including phenoxy) is 1. The van der Waals surface area contributed by atoms with Crippen LogP contribution in [0.2, 0.25) is 0 Å². The Morgan fingerprint density at radius 2 is 2.07 bits per heavy atom. The fourth-order valence-electron chi connectivity index (χ4n) is 1.29. The summed E-state index contributed by atoms with van der Waals surface area (Å²) >= 11 is 0. The van der Waals surface area contributed by atoms with Gasteiger partial charge in [-0.15, -0.1) is 12.4 Å². The van der Waals surface area contributed by atoms with Gasteiger partial charge >= 0.3 is 0 Å². The maximum Gasteiger partial charge on any atom is 0.239 e. The molecule has 0 aromatic carbocycles. The van der Waals surface area contributed by atoms with Crippen LogP contribution < -0.4 is 11.1 Å². The third-order valence-electron chi connectivity index (χ3n) is 2.16. The van der Waals surface area contributed by atoms with Crippen molar-refractivity contribution in [2.75, 3.05) is 13.7 Å². The largest absolute Gasteiger partial charge is 0.383 e. The van der Waals surface area contributed by atoms with Crippen LogP contribution in [0.5, 0.6) is 0 Å².